The van der Waals surface area contributed by atoms with Crippen LogP contribution in [-0.4, -0.2) is 16.3 Å². The summed E-state index contributed by atoms with van der Waals surface area (Å²) in [4.78, 5) is 0. The molecular weight excluding hydrogens is 246 g/mol. The standard InChI is InChI=1S/C17H25N3/c1-12(2)9-18-10-16-11-19-20(15(16)5)17-13(3)7-6-8-14(17)4/h6-8,11-12,18H,9-10H2,1-5H3. The van der Waals surface area contributed by atoms with Gasteiger partial charge in [-0.1, -0.05) is 32.0 Å². The van der Waals surface area contributed by atoms with E-state index in [2.05, 4.69) is 67.9 Å². The maximum Gasteiger partial charge on any atom is 0.0707 e. The molecular formula is C17H25N3. The summed E-state index contributed by atoms with van der Waals surface area (Å²) in [6, 6.07) is 6.37. The molecule has 1 N–H and O–H groups in total. The molecule has 0 radical (unpaired) electrons. The van der Waals surface area contributed by atoms with Gasteiger partial charge in [-0.3, -0.25) is 0 Å². The smallest absolute Gasteiger partial charge is 0.0707 e. The largest absolute Gasteiger partial charge is 0.312 e. The van der Waals surface area contributed by atoms with Crippen LogP contribution >= 0.6 is 0 Å². The maximum atomic E-state index is 4.58. The van der Waals surface area contributed by atoms with Gasteiger partial charge in [0.15, 0.2) is 0 Å². The molecule has 0 saturated heterocycles. The van der Waals surface area contributed by atoms with E-state index >= 15 is 0 Å². The second-order valence-corrected chi connectivity index (χ2v) is 5.93. The average molecular weight is 271 g/mol. The van der Waals surface area contributed by atoms with E-state index in [0.717, 1.165) is 13.1 Å². The van der Waals surface area contributed by atoms with Crippen molar-refractivity contribution in [3.8, 4) is 5.69 Å². The van der Waals surface area contributed by atoms with Crippen LogP contribution in [0, 0.1) is 26.7 Å². The molecule has 2 aromatic rings. The summed E-state index contributed by atoms with van der Waals surface area (Å²) in [5, 5.41) is 8.06. The molecule has 0 fully saturated rings. The Balaban J connectivity index is 2.25. The highest BCUT2D eigenvalue weighted by molar-refractivity contribution is 5.47. The van der Waals surface area contributed by atoms with Crippen molar-refractivity contribution in [1.29, 1.82) is 0 Å². The van der Waals surface area contributed by atoms with Crippen LogP contribution in [0.2, 0.25) is 0 Å². The van der Waals surface area contributed by atoms with E-state index in [4.69, 9.17) is 0 Å². The van der Waals surface area contributed by atoms with Crippen LogP contribution in [0.1, 0.15) is 36.2 Å². The second-order valence-electron chi connectivity index (χ2n) is 5.93. The fourth-order valence-corrected chi connectivity index (χ4v) is 2.48. The van der Waals surface area contributed by atoms with Crippen molar-refractivity contribution in [2.24, 2.45) is 5.92 Å². The Morgan fingerprint density at radius 1 is 1.15 bits per heavy atom. The number of nitrogens with one attached hydrogen (secondary N) is 1. The van der Waals surface area contributed by atoms with Crippen LogP contribution < -0.4 is 5.32 Å². The van der Waals surface area contributed by atoms with Gasteiger partial charge in [0.2, 0.25) is 0 Å². The Morgan fingerprint density at radius 2 is 1.80 bits per heavy atom. The van der Waals surface area contributed by atoms with Gasteiger partial charge in [-0.15, -0.1) is 0 Å². The summed E-state index contributed by atoms with van der Waals surface area (Å²) in [7, 11) is 0. The number of para-hydroxylation sites is 1. The zero-order valence-electron chi connectivity index (χ0n) is 13.2. The molecule has 0 spiro atoms. The number of rotatable bonds is 5. The predicted molar refractivity (Wildman–Crippen MR) is 84.3 cm³/mol. The number of benzene rings is 1. The zero-order chi connectivity index (χ0) is 14.7. The number of nitrogens with zero attached hydrogens (tertiary/aromatic N) is 2. The molecule has 0 unspecified atom stereocenters. The lowest BCUT2D eigenvalue weighted by Gasteiger charge is -2.12. The monoisotopic (exact) mass is 271 g/mol. The molecule has 3 nitrogen and oxygen atoms in total. The van der Waals surface area contributed by atoms with Crippen molar-refractivity contribution in [3.05, 3.63) is 46.8 Å². The highest BCUT2D eigenvalue weighted by Crippen LogP contribution is 2.21. The lowest BCUT2D eigenvalue weighted by Crippen LogP contribution is -2.19. The summed E-state index contributed by atoms with van der Waals surface area (Å²) < 4.78 is 2.07. The van der Waals surface area contributed by atoms with E-state index in [1.807, 2.05) is 6.20 Å². The molecule has 1 aromatic heterocycles. The summed E-state index contributed by atoms with van der Waals surface area (Å²) in [5.74, 6) is 0.670. The van der Waals surface area contributed by atoms with Crippen molar-refractivity contribution in [3.63, 3.8) is 0 Å². The molecule has 0 saturated carbocycles. The number of hydrogen-bond acceptors (Lipinski definition) is 2. The maximum absolute atomic E-state index is 4.58. The Morgan fingerprint density at radius 3 is 2.40 bits per heavy atom. The Kier molecular flexibility index (Phi) is 4.61. The van der Waals surface area contributed by atoms with E-state index in [0.29, 0.717) is 5.92 Å². The molecule has 3 heteroatoms. The molecule has 0 aliphatic rings. The van der Waals surface area contributed by atoms with Gasteiger partial charge in [-0.2, -0.15) is 5.10 Å². The van der Waals surface area contributed by atoms with Gasteiger partial charge >= 0.3 is 0 Å². The van der Waals surface area contributed by atoms with Gasteiger partial charge in [-0.05, 0) is 44.4 Å². The van der Waals surface area contributed by atoms with E-state index in [1.54, 1.807) is 0 Å². The van der Waals surface area contributed by atoms with Crippen molar-refractivity contribution < 1.29 is 0 Å². The minimum Gasteiger partial charge on any atom is -0.312 e. The van der Waals surface area contributed by atoms with Crippen LogP contribution in [0.4, 0.5) is 0 Å². The minimum absolute atomic E-state index is 0.670. The molecule has 2 rings (SSSR count). The third-order valence-electron chi connectivity index (χ3n) is 3.63. The third-order valence-corrected chi connectivity index (χ3v) is 3.63. The highest BCUT2D eigenvalue weighted by atomic mass is 15.3. The minimum atomic E-state index is 0.670. The van der Waals surface area contributed by atoms with Gasteiger partial charge < -0.3 is 5.32 Å². The van der Waals surface area contributed by atoms with Gasteiger partial charge in [0.25, 0.3) is 0 Å². The van der Waals surface area contributed by atoms with Crippen LogP contribution in [0.5, 0.6) is 0 Å². The molecule has 1 heterocycles. The van der Waals surface area contributed by atoms with Crippen LogP contribution in [0.3, 0.4) is 0 Å². The molecule has 108 valence electrons. The first-order chi connectivity index (χ1) is 9.50. The summed E-state index contributed by atoms with van der Waals surface area (Å²) in [6.45, 7) is 12.8. The zero-order valence-corrected chi connectivity index (χ0v) is 13.2. The van der Waals surface area contributed by atoms with Crippen LogP contribution in [0.15, 0.2) is 24.4 Å². The number of aryl methyl sites for hydroxylation is 2. The fourth-order valence-electron chi connectivity index (χ4n) is 2.48. The highest BCUT2D eigenvalue weighted by Gasteiger charge is 2.11. The SMILES string of the molecule is Cc1cccc(C)c1-n1ncc(CNCC(C)C)c1C. The lowest BCUT2D eigenvalue weighted by molar-refractivity contribution is 0.551. The predicted octanol–water partition coefficient (Wildman–Crippen LogP) is 3.54. The molecule has 0 bridgehead atoms. The van der Waals surface area contributed by atoms with Crippen molar-refractivity contribution in [1.82, 2.24) is 15.1 Å². The molecule has 0 aliphatic carbocycles. The first kappa shape index (κ1) is 14.8. The first-order valence-electron chi connectivity index (χ1n) is 7.31. The van der Waals surface area contributed by atoms with Crippen molar-refractivity contribution >= 4 is 0 Å². The van der Waals surface area contributed by atoms with Gasteiger partial charge in [-0.25, -0.2) is 4.68 Å². The molecule has 0 amide bonds. The quantitative estimate of drug-likeness (QED) is 0.901. The summed E-state index contributed by atoms with van der Waals surface area (Å²) in [5.41, 5.74) is 6.22. The summed E-state index contributed by atoms with van der Waals surface area (Å²) in [6.07, 6.45) is 1.98. The fraction of sp³-hybridized carbons (Fsp3) is 0.471. The third kappa shape index (κ3) is 3.10. The van der Waals surface area contributed by atoms with E-state index in [1.165, 1.54) is 28.1 Å². The average Bonchev–Trinajstić information content (AvgIpc) is 2.71. The number of hydrogen-bond donors (Lipinski definition) is 1. The van der Waals surface area contributed by atoms with E-state index in [-0.39, 0.29) is 0 Å². The van der Waals surface area contributed by atoms with Crippen LogP contribution in [0.25, 0.3) is 5.69 Å². The van der Waals surface area contributed by atoms with Gasteiger partial charge in [0.1, 0.15) is 0 Å². The first-order valence-corrected chi connectivity index (χ1v) is 7.31. The Labute approximate surface area is 122 Å². The van der Waals surface area contributed by atoms with Crippen LogP contribution in [-0.2, 0) is 6.54 Å². The van der Waals surface area contributed by atoms with Gasteiger partial charge in [0.05, 0.1) is 11.9 Å². The normalized spacial score (nSPS) is 11.3. The van der Waals surface area contributed by atoms with E-state index in [9.17, 15) is 0 Å². The van der Waals surface area contributed by atoms with Gasteiger partial charge in [0, 0.05) is 17.8 Å². The topological polar surface area (TPSA) is 29.9 Å². The number of aromatic nitrogens is 2. The molecule has 0 aliphatic heterocycles. The Hall–Kier alpha value is -1.61. The Bertz CT molecular complexity index is 562. The second kappa shape index (κ2) is 6.23. The van der Waals surface area contributed by atoms with Crippen molar-refractivity contribution in [2.75, 3.05) is 6.54 Å². The summed E-state index contributed by atoms with van der Waals surface area (Å²) >= 11 is 0. The molecule has 1 aromatic carbocycles. The van der Waals surface area contributed by atoms with Crippen molar-refractivity contribution in [2.45, 2.75) is 41.2 Å². The molecule has 0 atom stereocenters. The van der Waals surface area contributed by atoms with E-state index < -0.39 is 0 Å². The lowest BCUT2D eigenvalue weighted by atomic mass is 10.1. The molecule has 20 heavy (non-hydrogen) atoms.